The van der Waals surface area contributed by atoms with Crippen molar-refractivity contribution in [1.29, 1.82) is 0 Å². The van der Waals surface area contributed by atoms with Gasteiger partial charge in [0, 0.05) is 12.3 Å². The van der Waals surface area contributed by atoms with Crippen molar-refractivity contribution < 1.29 is 0 Å². The van der Waals surface area contributed by atoms with Crippen molar-refractivity contribution in [2.24, 2.45) is 0 Å². The van der Waals surface area contributed by atoms with Gasteiger partial charge in [-0.05, 0) is 24.1 Å². The van der Waals surface area contributed by atoms with Crippen molar-refractivity contribution in [3.63, 3.8) is 0 Å². The lowest BCUT2D eigenvalue weighted by Gasteiger charge is -2.10. The summed E-state index contributed by atoms with van der Waals surface area (Å²) in [4.78, 5) is 12.8. The third kappa shape index (κ3) is 2.82. The van der Waals surface area contributed by atoms with Crippen LogP contribution in [0.3, 0.4) is 0 Å². The predicted molar refractivity (Wildman–Crippen MR) is 101 cm³/mol. The predicted octanol–water partition coefficient (Wildman–Crippen LogP) is 3.75. The summed E-state index contributed by atoms with van der Waals surface area (Å²) in [5, 5.41) is 10.2. The summed E-state index contributed by atoms with van der Waals surface area (Å²) >= 11 is 1.63. The second-order valence-corrected chi connectivity index (χ2v) is 6.81. The first-order chi connectivity index (χ1) is 12.3. The average Bonchev–Trinajstić information content (AvgIpc) is 3.08. The Hall–Kier alpha value is -2.60. The fraction of sp³-hybridized carbons (Fsp3) is 0.211. The molecule has 0 amide bonds. The molecule has 2 heterocycles. The van der Waals surface area contributed by atoms with E-state index in [1.807, 2.05) is 46.9 Å². The Morgan fingerprint density at radius 2 is 1.76 bits per heavy atom. The van der Waals surface area contributed by atoms with Gasteiger partial charge in [0.05, 0.1) is 10.9 Å². The number of hydrogen-bond acceptors (Lipinski definition) is 4. The van der Waals surface area contributed by atoms with E-state index in [1.165, 1.54) is 5.56 Å². The van der Waals surface area contributed by atoms with Crippen LogP contribution in [-0.4, -0.2) is 19.2 Å². The van der Waals surface area contributed by atoms with Crippen LogP contribution in [0.15, 0.2) is 64.5 Å². The van der Waals surface area contributed by atoms with E-state index in [4.69, 9.17) is 0 Å². The maximum absolute atomic E-state index is 12.8. The van der Waals surface area contributed by atoms with Crippen molar-refractivity contribution in [1.82, 2.24) is 19.2 Å². The maximum atomic E-state index is 12.8. The van der Waals surface area contributed by atoms with Crippen molar-refractivity contribution >= 4 is 28.4 Å². The number of aromatic nitrogens is 4. The molecule has 0 unspecified atom stereocenters. The lowest BCUT2D eigenvalue weighted by molar-refractivity contribution is 0.662. The smallest absolute Gasteiger partial charge is 0.262 e. The number of aryl methyl sites for hydroxylation is 1. The fourth-order valence-corrected chi connectivity index (χ4v) is 3.87. The van der Waals surface area contributed by atoms with E-state index in [0.29, 0.717) is 17.7 Å². The number of fused-ring (bicyclic) bond motifs is 3. The Morgan fingerprint density at radius 1 is 1.00 bits per heavy atom. The monoisotopic (exact) mass is 350 g/mol. The molecule has 0 fully saturated rings. The molecule has 4 rings (SSSR count). The highest BCUT2D eigenvalue weighted by Gasteiger charge is 2.16. The molecular formula is C19H18N4OS. The van der Waals surface area contributed by atoms with Gasteiger partial charge in [0.25, 0.3) is 5.56 Å². The van der Waals surface area contributed by atoms with Gasteiger partial charge < -0.3 is 0 Å². The normalized spacial score (nSPS) is 11.4. The van der Waals surface area contributed by atoms with Gasteiger partial charge in [0.15, 0.2) is 5.16 Å². The van der Waals surface area contributed by atoms with Crippen LogP contribution in [-0.2, 0) is 12.3 Å². The van der Waals surface area contributed by atoms with Crippen molar-refractivity contribution in [2.45, 2.75) is 30.8 Å². The molecule has 0 saturated carbocycles. The number of para-hydroxylation sites is 1. The van der Waals surface area contributed by atoms with Crippen LogP contribution in [0.25, 0.3) is 16.7 Å². The van der Waals surface area contributed by atoms with Crippen LogP contribution >= 0.6 is 11.8 Å². The van der Waals surface area contributed by atoms with Gasteiger partial charge in [-0.25, -0.2) is 0 Å². The second kappa shape index (κ2) is 6.72. The molecule has 0 radical (unpaired) electrons. The van der Waals surface area contributed by atoms with Crippen LogP contribution in [0, 0.1) is 0 Å². The number of benzene rings is 2. The summed E-state index contributed by atoms with van der Waals surface area (Å²) in [6.07, 6.45) is 0.868. The van der Waals surface area contributed by atoms with Gasteiger partial charge in [-0.3, -0.25) is 13.8 Å². The summed E-state index contributed by atoms with van der Waals surface area (Å²) in [5.74, 6) is 1.42. The minimum absolute atomic E-state index is 0.00282. The molecular weight excluding hydrogens is 332 g/mol. The number of nitrogens with zero attached hydrogens (tertiary/aromatic N) is 4. The zero-order chi connectivity index (χ0) is 17.2. The van der Waals surface area contributed by atoms with E-state index in [2.05, 4.69) is 29.3 Å². The van der Waals surface area contributed by atoms with E-state index >= 15 is 0 Å². The quantitative estimate of drug-likeness (QED) is 0.515. The Balaban J connectivity index is 1.87. The van der Waals surface area contributed by atoms with Crippen LogP contribution < -0.4 is 5.56 Å². The van der Waals surface area contributed by atoms with E-state index in [1.54, 1.807) is 16.3 Å². The summed E-state index contributed by atoms with van der Waals surface area (Å²) in [7, 11) is 0. The van der Waals surface area contributed by atoms with Crippen LogP contribution in [0.5, 0.6) is 0 Å². The number of thioether (sulfide) groups is 1. The minimum atomic E-state index is -0.00282. The highest BCUT2D eigenvalue weighted by molar-refractivity contribution is 7.98. The highest BCUT2D eigenvalue weighted by atomic mass is 32.2. The Bertz CT molecular complexity index is 1090. The van der Waals surface area contributed by atoms with Crippen molar-refractivity contribution in [2.75, 3.05) is 0 Å². The van der Waals surface area contributed by atoms with Gasteiger partial charge in [0.1, 0.15) is 0 Å². The first kappa shape index (κ1) is 15.9. The maximum Gasteiger partial charge on any atom is 0.262 e. The molecule has 0 N–H and O–H groups in total. The molecule has 0 saturated heterocycles. The zero-order valence-corrected chi connectivity index (χ0v) is 14.7. The first-order valence-electron chi connectivity index (χ1n) is 8.33. The number of rotatable bonds is 5. The molecule has 5 nitrogen and oxygen atoms in total. The summed E-state index contributed by atoms with van der Waals surface area (Å²) in [5.41, 5.74) is 2.09. The lowest BCUT2D eigenvalue weighted by atomic mass is 10.2. The van der Waals surface area contributed by atoms with Crippen molar-refractivity contribution in [3.8, 4) is 0 Å². The molecule has 25 heavy (non-hydrogen) atoms. The fourth-order valence-electron chi connectivity index (χ4n) is 2.97. The minimum Gasteiger partial charge on any atom is -0.276 e. The molecule has 6 heteroatoms. The molecule has 0 aliphatic heterocycles. The summed E-state index contributed by atoms with van der Waals surface area (Å²) < 4.78 is 3.72. The van der Waals surface area contributed by atoms with Gasteiger partial charge in [0.2, 0.25) is 5.78 Å². The summed E-state index contributed by atoms with van der Waals surface area (Å²) in [6, 6.07) is 17.9. The number of hydrogen-bond donors (Lipinski definition) is 0. The van der Waals surface area contributed by atoms with E-state index in [-0.39, 0.29) is 5.56 Å². The lowest BCUT2D eigenvalue weighted by Crippen LogP contribution is -2.23. The third-order valence-electron chi connectivity index (χ3n) is 4.14. The highest BCUT2D eigenvalue weighted by Crippen LogP contribution is 2.24. The van der Waals surface area contributed by atoms with Crippen LogP contribution in [0.1, 0.15) is 18.9 Å². The molecule has 126 valence electrons. The van der Waals surface area contributed by atoms with Gasteiger partial charge in [-0.15, -0.1) is 10.2 Å². The third-order valence-corrected chi connectivity index (χ3v) is 5.14. The van der Waals surface area contributed by atoms with E-state index in [0.717, 1.165) is 22.8 Å². The SMILES string of the molecule is CCCn1c(=O)c2ccccc2n2c(SCc3ccccc3)nnc12. The second-order valence-electron chi connectivity index (χ2n) is 5.87. The zero-order valence-electron chi connectivity index (χ0n) is 13.9. The average molecular weight is 350 g/mol. The van der Waals surface area contributed by atoms with E-state index in [9.17, 15) is 4.79 Å². The van der Waals surface area contributed by atoms with Crippen molar-refractivity contribution in [3.05, 3.63) is 70.5 Å². The topological polar surface area (TPSA) is 52.2 Å². The Labute approximate surface area is 149 Å². The Morgan fingerprint density at radius 3 is 2.56 bits per heavy atom. The molecule has 2 aromatic heterocycles. The van der Waals surface area contributed by atoms with Crippen LogP contribution in [0.4, 0.5) is 0 Å². The summed E-state index contributed by atoms with van der Waals surface area (Å²) in [6.45, 7) is 2.69. The molecule has 0 atom stereocenters. The van der Waals surface area contributed by atoms with Crippen LogP contribution in [0.2, 0.25) is 0 Å². The first-order valence-corrected chi connectivity index (χ1v) is 9.31. The molecule has 0 aliphatic rings. The molecule has 4 aromatic rings. The van der Waals surface area contributed by atoms with Gasteiger partial charge >= 0.3 is 0 Å². The van der Waals surface area contributed by atoms with Gasteiger partial charge in [-0.2, -0.15) is 0 Å². The molecule has 2 aromatic carbocycles. The molecule has 0 spiro atoms. The standard InChI is InChI=1S/C19H18N4OS/c1-2-12-22-17(24)15-10-6-7-11-16(15)23-18(22)20-21-19(23)25-13-14-8-4-3-5-9-14/h3-11H,2,12-13H2,1H3. The molecule has 0 bridgehead atoms. The molecule has 0 aliphatic carbocycles. The largest absolute Gasteiger partial charge is 0.276 e. The van der Waals surface area contributed by atoms with E-state index < -0.39 is 0 Å². The Kier molecular flexibility index (Phi) is 4.28. The van der Waals surface area contributed by atoms with Gasteiger partial charge in [-0.1, -0.05) is 61.2 Å².